The maximum absolute atomic E-state index is 5.53. The minimum Gasteiger partial charge on any atom is -0.497 e. The summed E-state index contributed by atoms with van der Waals surface area (Å²) < 4.78 is 18.6. The Kier molecular flexibility index (Phi) is 5.65. The molecule has 0 radical (unpaired) electrons. The van der Waals surface area contributed by atoms with Crippen LogP contribution in [0.3, 0.4) is 0 Å². The number of aromatic nitrogens is 3. The van der Waals surface area contributed by atoms with Gasteiger partial charge in [-0.3, -0.25) is 0 Å². The molecule has 1 atom stereocenters. The first-order valence-electron chi connectivity index (χ1n) is 11.9. The van der Waals surface area contributed by atoms with Crippen molar-refractivity contribution in [3.8, 4) is 28.5 Å². The van der Waals surface area contributed by atoms with Gasteiger partial charge in [0.1, 0.15) is 23.5 Å². The van der Waals surface area contributed by atoms with E-state index in [4.69, 9.17) is 19.2 Å². The molecule has 3 aromatic carbocycles. The lowest BCUT2D eigenvalue weighted by molar-refractivity contribution is 0.174. The van der Waals surface area contributed by atoms with Crippen LogP contribution in [0.5, 0.6) is 17.2 Å². The zero-order valence-electron chi connectivity index (χ0n) is 20.1. The fourth-order valence-electron chi connectivity index (χ4n) is 4.67. The fraction of sp³-hybridized carbons (Fsp3) is 0.172. The summed E-state index contributed by atoms with van der Waals surface area (Å²) in [5.41, 5.74) is 5.31. The number of nitrogens with one attached hydrogen (secondary N) is 1. The molecule has 180 valence electrons. The van der Waals surface area contributed by atoms with Crippen LogP contribution in [0.2, 0.25) is 0 Å². The standard InChI is InChI=1S/C29H26N4O3/c1-19(21-6-4-3-5-7-21)33-25(22-9-11-23(34-2)12-10-22)15-24-28(31-17-32-29(24)33)30-16-20-8-13-26-27(14-20)36-18-35-26/h3-15,17,19H,16,18H2,1-2H3,(H,30,31,32). The van der Waals surface area contributed by atoms with E-state index in [9.17, 15) is 0 Å². The second-order valence-electron chi connectivity index (χ2n) is 8.72. The Labute approximate surface area is 209 Å². The second-order valence-corrected chi connectivity index (χ2v) is 8.72. The van der Waals surface area contributed by atoms with Crippen molar-refractivity contribution >= 4 is 16.9 Å². The van der Waals surface area contributed by atoms with Gasteiger partial charge in [0.25, 0.3) is 0 Å². The maximum Gasteiger partial charge on any atom is 0.231 e. The molecule has 0 spiro atoms. The molecule has 7 heteroatoms. The van der Waals surface area contributed by atoms with Gasteiger partial charge < -0.3 is 24.1 Å². The van der Waals surface area contributed by atoms with Gasteiger partial charge in [0.2, 0.25) is 6.79 Å². The fourth-order valence-corrected chi connectivity index (χ4v) is 4.67. The van der Waals surface area contributed by atoms with Crippen LogP contribution in [0, 0.1) is 0 Å². The van der Waals surface area contributed by atoms with Crippen LogP contribution in [0.25, 0.3) is 22.3 Å². The van der Waals surface area contributed by atoms with Gasteiger partial charge >= 0.3 is 0 Å². The summed E-state index contributed by atoms with van der Waals surface area (Å²) in [6, 6.07) is 26.8. The molecule has 0 bridgehead atoms. The first kappa shape index (κ1) is 22.0. The minimum atomic E-state index is 0.0670. The van der Waals surface area contributed by atoms with Crippen LogP contribution in [-0.4, -0.2) is 28.4 Å². The van der Waals surface area contributed by atoms with E-state index in [1.807, 2.05) is 36.4 Å². The van der Waals surface area contributed by atoms with Crippen LogP contribution < -0.4 is 19.5 Å². The quantitative estimate of drug-likeness (QED) is 0.307. The molecule has 0 fully saturated rings. The summed E-state index contributed by atoms with van der Waals surface area (Å²) in [6.07, 6.45) is 1.62. The molecule has 1 aliphatic rings. The second kappa shape index (κ2) is 9.26. The molecule has 0 amide bonds. The Morgan fingerprint density at radius 3 is 2.56 bits per heavy atom. The number of hydrogen-bond acceptors (Lipinski definition) is 6. The number of ether oxygens (including phenoxy) is 3. The van der Waals surface area contributed by atoms with Crippen molar-refractivity contribution in [3.63, 3.8) is 0 Å². The molecule has 0 aliphatic carbocycles. The smallest absolute Gasteiger partial charge is 0.231 e. The molecule has 0 saturated heterocycles. The van der Waals surface area contributed by atoms with Crippen LogP contribution in [0.1, 0.15) is 24.1 Å². The van der Waals surface area contributed by atoms with Crippen molar-refractivity contribution < 1.29 is 14.2 Å². The van der Waals surface area contributed by atoms with Crippen molar-refractivity contribution in [2.45, 2.75) is 19.5 Å². The Morgan fingerprint density at radius 2 is 1.75 bits per heavy atom. The minimum absolute atomic E-state index is 0.0670. The molecule has 1 N–H and O–H groups in total. The summed E-state index contributed by atoms with van der Waals surface area (Å²) in [4.78, 5) is 9.31. The summed E-state index contributed by atoms with van der Waals surface area (Å²) in [5, 5.41) is 4.47. The van der Waals surface area contributed by atoms with Gasteiger partial charge in [0.05, 0.1) is 24.2 Å². The first-order valence-corrected chi connectivity index (χ1v) is 11.9. The van der Waals surface area contributed by atoms with Gasteiger partial charge in [-0.05, 0) is 66.1 Å². The lowest BCUT2D eigenvalue weighted by Crippen LogP contribution is -2.09. The molecular weight excluding hydrogens is 452 g/mol. The lowest BCUT2D eigenvalue weighted by atomic mass is 10.1. The molecular formula is C29H26N4O3. The predicted molar refractivity (Wildman–Crippen MR) is 140 cm³/mol. The molecule has 0 saturated carbocycles. The molecule has 7 nitrogen and oxygen atoms in total. The first-order chi connectivity index (χ1) is 17.7. The van der Waals surface area contributed by atoms with Gasteiger partial charge in [0, 0.05) is 6.54 Å². The Hall–Kier alpha value is -4.52. The third-order valence-corrected chi connectivity index (χ3v) is 6.58. The van der Waals surface area contributed by atoms with Gasteiger partial charge in [-0.25, -0.2) is 9.97 Å². The molecule has 36 heavy (non-hydrogen) atoms. The van der Waals surface area contributed by atoms with Crippen molar-refractivity contribution in [1.29, 1.82) is 0 Å². The Balaban J connectivity index is 1.42. The number of benzene rings is 3. The van der Waals surface area contributed by atoms with Gasteiger partial charge in [0.15, 0.2) is 11.5 Å². The maximum atomic E-state index is 5.53. The van der Waals surface area contributed by atoms with E-state index in [1.165, 1.54) is 5.56 Å². The SMILES string of the molecule is COc1ccc(-c2cc3c(NCc4ccc5c(c4)OCO5)ncnc3n2C(C)c2ccccc2)cc1. The monoisotopic (exact) mass is 478 g/mol. The molecule has 1 unspecified atom stereocenters. The summed E-state index contributed by atoms with van der Waals surface area (Å²) >= 11 is 0. The summed E-state index contributed by atoms with van der Waals surface area (Å²) in [5.74, 6) is 3.15. The van der Waals surface area contributed by atoms with Crippen molar-refractivity contribution in [2.24, 2.45) is 0 Å². The van der Waals surface area contributed by atoms with Crippen LogP contribution in [0.15, 0.2) is 85.2 Å². The van der Waals surface area contributed by atoms with E-state index in [0.717, 1.165) is 50.9 Å². The molecule has 3 heterocycles. The highest BCUT2D eigenvalue weighted by Gasteiger charge is 2.21. The number of hydrogen-bond donors (Lipinski definition) is 1. The topological polar surface area (TPSA) is 70.4 Å². The third kappa shape index (κ3) is 3.98. The van der Waals surface area contributed by atoms with Gasteiger partial charge in [-0.15, -0.1) is 0 Å². The van der Waals surface area contributed by atoms with Gasteiger partial charge in [-0.2, -0.15) is 0 Å². The van der Waals surface area contributed by atoms with E-state index in [-0.39, 0.29) is 12.8 Å². The lowest BCUT2D eigenvalue weighted by Gasteiger charge is -2.19. The molecule has 1 aliphatic heterocycles. The van der Waals surface area contributed by atoms with E-state index < -0.39 is 0 Å². The summed E-state index contributed by atoms with van der Waals surface area (Å²) in [7, 11) is 1.68. The number of rotatable bonds is 7. The average molecular weight is 479 g/mol. The highest BCUT2D eigenvalue weighted by molar-refractivity contribution is 5.92. The number of nitrogens with zero attached hydrogens (tertiary/aromatic N) is 3. The molecule has 2 aromatic heterocycles. The zero-order valence-corrected chi connectivity index (χ0v) is 20.1. The van der Waals surface area contributed by atoms with Crippen molar-refractivity contribution in [2.75, 3.05) is 19.2 Å². The largest absolute Gasteiger partial charge is 0.497 e. The van der Waals surface area contributed by atoms with E-state index in [1.54, 1.807) is 13.4 Å². The van der Waals surface area contributed by atoms with E-state index in [2.05, 4.69) is 64.3 Å². The number of fused-ring (bicyclic) bond motifs is 2. The molecule has 6 rings (SSSR count). The average Bonchev–Trinajstić information content (AvgIpc) is 3.57. The van der Waals surface area contributed by atoms with Gasteiger partial charge in [-0.1, -0.05) is 36.4 Å². The third-order valence-electron chi connectivity index (χ3n) is 6.58. The van der Waals surface area contributed by atoms with Crippen LogP contribution in [-0.2, 0) is 6.54 Å². The summed E-state index contributed by atoms with van der Waals surface area (Å²) in [6.45, 7) is 3.06. The Bertz CT molecular complexity index is 1510. The van der Waals surface area contributed by atoms with Crippen molar-refractivity contribution in [3.05, 3.63) is 96.3 Å². The van der Waals surface area contributed by atoms with E-state index >= 15 is 0 Å². The van der Waals surface area contributed by atoms with Crippen LogP contribution >= 0.6 is 0 Å². The zero-order chi connectivity index (χ0) is 24.5. The van der Waals surface area contributed by atoms with Crippen LogP contribution in [0.4, 0.5) is 5.82 Å². The van der Waals surface area contributed by atoms with E-state index in [0.29, 0.717) is 6.54 Å². The number of methoxy groups -OCH3 is 1. The predicted octanol–water partition coefficient (Wildman–Crippen LogP) is 6.06. The highest BCUT2D eigenvalue weighted by atomic mass is 16.7. The molecule has 5 aromatic rings. The normalized spacial score (nSPS) is 13.1. The van der Waals surface area contributed by atoms with Crippen molar-refractivity contribution in [1.82, 2.24) is 14.5 Å². The highest BCUT2D eigenvalue weighted by Crippen LogP contribution is 2.36. The number of anilines is 1. The Morgan fingerprint density at radius 1 is 0.944 bits per heavy atom.